The fourth-order valence-corrected chi connectivity index (χ4v) is 2.42. The van der Waals surface area contributed by atoms with Gasteiger partial charge < -0.3 is 10.6 Å². The summed E-state index contributed by atoms with van der Waals surface area (Å²) in [6, 6.07) is 14.2. The van der Waals surface area contributed by atoms with Gasteiger partial charge in [-0.2, -0.15) is 0 Å². The highest BCUT2D eigenvalue weighted by atomic mass is 35.5. The molecule has 0 fully saturated rings. The van der Waals surface area contributed by atoms with E-state index in [0.29, 0.717) is 11.7 Å². The molecule has 128 valence electrons. The number of aromatic nitrogens is 1. The van der Waals surface area contributed by atoms with Gasteiger partial charge in [0, 0.05) is 24.7 Å². The van der Waals surface area contributed by atoms with E-state index in [1.807, 2.05) is 12.1 Å². The molecule has 0 unspecified atom stereocenters. The minimum atomic E-state index is 0.0132. The summed E-state index contributed by atoms with van der Waals surface area (Å²) >= 11 is 5.81. The zero-order chi connectivity index (χ0) is 17.4. The standard InChI is InChI=1S/C19H25ClN4/c1-4-21-18(23-13-15-10-11-17(20)22-12-15)24-14-19(2,3)16-8-6-5-7-9-16/h5-12H,4,13-14H2,1-3H3,(H2,21,23,24). The first-order valence-corrected chi connectivity index (χ1v) is 8.57. The van der Waals surface area contributed by atoms with E-state index in [1.165, 1.54) is 5.56 Å². The first-order chi connectivity index (χ1) is 11.5. The molecule has 24 heavy (non-hydrogen) atoms. The predicted octanol–water partition coefficient (Wildman–Crippen LogP) is 3.77. The summed E-state index contributed by atoms with van der Waals surface area (Å²) in [5, 5.41) is 7.21. The quantitative estimate of drug-likeness (QED) is 0.476. The lowest BCUT2D eigenvalue weighted by molar-refractivity contribution is 0.508. The Bertz CT molecular complexity index is 651. The molecule has 5 heteroatoms. The lowest BCUT2D eigenvalue weighted by atomic mass is 9.85. The largest absolute Gasteiger partial charge is 0.357 e. The average Bonchev–Trinajstić information content (AvgIpc) is 2.59. The Kier molecular flexibility index (Phi) is 6.62. The molecule has 0 bridgehead atoms. The Morgan fingerprint density at radius 2 is 1.88 bits per heavy atom. The van der Waals surface area contributed by atoms with Gasteiger partial charge in [-0.3, -0.25) is 0 Å². The van der Waals surface area contributed by atoms with Gasteiger partial charge in [-0.1, -0.05) is 61.8 Å². The molecule has 2 rings (SSSR count). The maximum Gasteiger partial charge on any atom is 0.191 e. The topological polar surface area (TPSA) is 49.3 Å². The third-order valence-corrected chi connectivity index (χ3v) is 4.03. The van der Waals surface area contributed by atoms with Crippen molar-refractivity contribution in [1.29, 1.82) is 0 Å². The van der Waals surface area contributed by atoms with Gasteiger partial charge in [-0.15, -0.1) is 0 Å². The second-order valence-electron chi connectivity index (χ2n) is 6.29. The van der Waals surface area contributed by atoms with Crippen LogP contribution in [0, 0.1) is 0 Å². The molecule has 0 amide bonds. The smallest absolute Gasteiger partial charge is 0.191 e. The molecule has 0 aliphatic rings. The van der Waals surface area contributed by atoms with Crippen LogP contribution in [0.25, 0.3) is 0 Å². The molecular formula is C19H25ClN4. The van der Waals surface area contributed by atoms with Gasteiger partial charge in [-0.05, 0) is 24.1 Å². The predicted molar refractivity (Wildman–Crippen MR) is 102 cm³/mol. The fourth-order valence-electron chi connectivity index (χ4n) is 2.31. The van der Waals surface area contributed by atoms with E-state index >= 15 is 0 Å². The molecule has 2 N–H and O–H groups in total. The number of aliphatic imine (C=N–C) groups is 1. The van der Waals surface area contributed by atoms with Crippen LogP contribution in [0.2, 0.25) is 5.15 Å². The van der Waals surface area contributed by atoms with Crippen molar-refractivity contribution in [3.05, 3.63) is 64.9 Å². The Labute approximate surface area is 149 Å². The highest BCUT2D eigenvalue weighted by Gasteiger charge is 2.20. The second kappa shape index (κ2) is 8.69. The normalized spacial score (nSPS) is 12.1. The van der Waals surface area contributed by atoms with Gasteiger partial charge in [-0.25, -0.2) is 9.98 Å². The summed E-state index contributed by atoms with van der Waals surface area (Å²) in [6.45, 7) is 8.68. The van der Waals surface area contributed by atoms with Crippen molar-refractivity contribution in [2.45, 2.75) is 32.7 Å². The van der Waals surface area contributed by atoms with Gasteiger partial charge in [0.05, 0.1) is 6.54 Å². The number of nitrogens with one attached hydrogen (secondary N) is 2. The summed E-state index contributed by atoms with van der Waals surface area (Å²) in [4.78, 5) is 8.70. The van der Waals surface area contributed by atoms with Crippen LogP contribution in [0.15, 0.2) is 53.7 Å². The van der Waals surface area contributed by atoms with Gasteiger partial charge >= 0.3 is 0 Å². The summed E-state index contributed by atoms with van der Waals surface area (Å²) in [5.74, 6) is 0.802. The summed E-state index contributed by atoms with van der Waals surface area (Å²) < 4.78 is 0. The maximum absolute atomic E-state index is 5.81. The van der Waals surface area contributed by atoms with Crippen molar-refractivity contribution in [2.75, 3.05) is 13.1 Å². The minimum Gasteiger partial charge on any atom is -0.357 e. The van der Waals surface area contributed by atoms with E-state index in [9.17, 15) is 0 Å². The fraction of sp³-hybridized carbons (Fsp3) is 0.368. The first-order valence-electron chi connectivity index (χ1n) is 8.19. The van der Waals surface area contributed by atoms with Crippen LogP contribution in [-0.4, -0.2) is 24.0 Å². The van der Waals surface area contributed by atoms with Crippen molar-refractivity contribution in [3.8, 4) is 0 Å². The zero-order valence-electron chi connectivity index (χ0n) is 14.5. The molecule has 0 aliphatic carbocycles. The van der Waals surface area contributed by atoms with Crippen LogP contribution < -0.4 is 10.6 Å². The Hall–Kier alpha value is -2.07. The van der Waals surface area contributed by atoms with E-state index in [-0.39, 0.29) is 5.41 Å². The number of benzene rings is 1. The number of rotatable bonds is 6. The van der Waals surface area contributed by atoms with Crippen molar-refractivity contribution in [1.82, 2.24) is 15.6 Å². The van der Waals surface area contributed by atoms with Gasteiger partial charge in [0.15, 0.2) is 5.96 Å². The average molecular weight is 345 g/mol. The van der Waals surface area contributed by atoms with Crippen molar-refractivity contribution < 1.29 is 0 Å². The van der Waals surface area contributed by atoms with Crippen molar-refractivity contribution in [3.63, 3.8) is 0 Å². The first kappa shape index (κ1) is 18.3. The lowest BCUT2D eigenvalue weighted by Crippen LogP contribution is -2.43. The number of hydrogen-bond acceptors (Lipinski definition) is 2. The van der Waals surface area contributed by atoms with Crippen LogP contribution in [0.3, 0.4) is 0 Å². The van der Waals surface area contributed by atoms with Gasteiger partial charge in [0.2, 0.25) is 0 Å². The molecule has 0 aliphatic heterocycles. The molecule has 0 atom stereocenters. The lowest BCUT2D eigenvalue weighted by Gasteiger charge is -2.26. The SMILES string of the molecule is CCNC(=NCc1ccc(Cl)nc1)NCC(C)(C)c1ccccc1. The zero-order valence-corrected chi connectivity index (χ0v) is 15.3. The Morgan fingerprint density at radius 3 is 2.50 bits per heavy atom. The maximum atomic E-state index is 5.81. The molecule has 1 aromatic carbocycles. The molecule has 0 spiro atoms. The highest BCUT2D eigenvalue weighted by Crippen LogP contribution is 2.21. The van der Waals surface area contributed by atoms with Crippen molar-refractivity contribution in [2.24, 2.45) is 4.99 Å². The molecule has 2 aromatic rings. The molecule has 1 aromatic heterocycles. The van der Waals surface area contributed by atoms with Crippen LogP contribution >= 0.6 is 11.6 Å². The molecule has 4 nitrogen and oxygen atoms in total. The van der Waals surface area contributed by atoms with E-state index in [2.05, 4.69) is 65.6 Å². The molecule has 0 saturated heterocycles. The number of halogens is 1. The molecule has 0 saturated carbocycles. The van der Waals surface area contributed by atoms with Gasteiger partial charge in [0.1, 0.15) is 5.15 Å². The molecular weight excluding hydrogens is 320 g/mol. The molecule has 0 radical (unpaired) electrons. The second-order valence-corrected chi connectivity index (χ2v) is 6.68. The Balaban J connectivity index is 2.00. The summed E-state index contributed by atoms with van der Waals surface area (Å²) in [6.07, 6.45) is 1.75. The van der Waals surface area contributed by atoms with Crippen LogP contribution in [-0.2, 0) is 12.0 Å². The van der Waals surface area contributed by atoms with Crippen LogP contribution in [0.1, 0.15) is 31.9 Å². The third kappa shape index (κ3) is 5.53. The third-order valence-electron chi connectivity index (χ3n) is 3.81. The van der Waals surface area contributed by atoms with Gasteiger partial charge in [0.25, 0.3) is 0 Å². The highest BCUT2D eigenvalue weighted by molar-refractivity contribution is 6.29. The van der Waals surface area contributed by atoms with Crippen LogP contribution in [0.5, 0.6) is 0 Å². The number of nitrogens with zero attached hydrogens (tertiary/aromatic N) is 2. The number of hydrogen-bond donors (Lipinski definition) is 2. The Morgan fingerprint density at radius 1 is 1.12 bits per heavy atom. The van der Waals surface area contributed by atoms with E-state index in [0.717, 1.165) is 24.6 Å². The van der Waals surface area contributed by atoms with E-state index in [1.54, 1.807) is 12.3 Å². The molecule has 1 heterocycles. The van der Waals surface area contributed by atoms with E-state index < -0.39 is 0 Å². The van der Waals surface area contributed by atoms with E-state index in [4.69, 9.17) is 11.6 Å². The monoisotopic (exact) mass is 344 g/mol. The van der Waals surface area contributed by atoms with Crippen LogP contribution in [0.4, 0.5) is 0 Å². The number of pyridine rings is 1. The minimum absolute atomic E-state index is 0.0132. The van der Waals surface area contributed by atoms with Crippen molar-refractivity contribution >= 4 is 17.6 Å². The summed E-state index contributed by atoms with van der Waals surface area (Å²) in [7, 11) is 0. The summed E-state index contributed by atoms with van der Waals surface area (Å²) in [5.41, 5.74) is 2.34. The number of guanidine groups is 1.